The Bertz CT molecular complexity index is 625. The van der Waals surface area contributed by atoms with Crippen molar-refractivity contribution in [1.82, 2.24) is 4.98 Å². The quantitative estimate of drug-likeness (QED) is 0.881. The van der Waals surface area contributed by atoms with Gasteiger partial charge in [-0.05, 0) is 25.5 Å². The number of carbonyl (C=O) groups excluding carboxylic acids is 1. The highest BCUT2D eigenvalue weighted by molar-refractivity contribution is 5.98. The zero-order valence-electron chi connectivity index (χ0n) is 12.3. The van der Waals surface area contributed by atoms with E-state index in [1.807, 2.05) is 49.1 Å². The van der Waals surface area contributed by atoms with Crippen LogP contribution in [0.4, 0.5) is 11.5 Å². The Morgan fingerprint density at radius 3 is 2.52 bits per heavy atom. The Morgan fingerprint density at radius 2 is 1.95 bits per heavy atom. The smallest absolute Gasteiger partial charge is 0.252 e. The first-order valence-electron chi connectivity index (χ1n) is 6.85. The maximum absolute atomic E-state index is 11.7. The van der Waals surface area contributed by atoms with Crippen molar-refractivity contribution in [3.8, 4) is 0 Å². The highest BCUT2D eigenvalue weighted by Gasteiger charge is 2.19. The first-order valence-corrected chi connectivity index (χ1v) is 6.85. The van der Waals surface area contributed by atoms with Gasteiger partial charge in [0.25, 0.3) is 5.91 Å². The maximum atomic E-state index is 11.7. The third-order valence-corrected chi connectivity index (χ3v) is 3.24. The zero-order chi connectivity index (χ0) is 15.4. The van der Waals surface area contributed by atoms with E-state index < -0.39 is 5.91 Å². The van der Waals surface area contributed by atoms with Gasteiger partial charge in [0.2, 0.25) is 0 Å². The predicted molar refractivity (Wildman–Crippen MR) is 84.9 cm³/mol. The lowest BCUT2D eigenvalue weighted by Crippen LogP contribution is -2.33. The van der Waals surface area contributed by atoms with Gasteiger partial charge in [0.1, 0.15) is 5.82 Å². The predicted octanol–water partition coefficient (Wildman–Crippen LogP) is 2.18. The summed E-state index contributed by atoms with van der Waals surface area (Å²) >= 11 is 0. The van der Waals surface area contributed by atoms with Crippen molar-refractivity contribution in [3.63, 3.8) is 0 Å². The van der Waals surface area contributed by atoms with E-state index in [1.54, 1.807) is 12.3 Å². The van der Waals surface area contributed by atoms with E-state index in [0.717, 1.165) is 5.56 Å². The highest BCUT2D eigenvalue weighted by atomic mass is 16.1. The molecule has 0 fully saturated rings. The van der Waals surface area contributed by atoms with Gasteiger partial charge in [-0.15, -0.1) is 0 Å². The lowest BCUT2D eigenvalue weighted by Gasteiger charge is -2.29. The van der Waals surface area contributed by atoms with Crippen LogP contribution >= 0.6 is 0 Å². The Hall–Kier alpha value is -2.56. The van der Waals surface area contributed by atoms with Crippen molar-refractivity contribution in [2.75, 3.05) is 10.6 Å². The van der Waals surface area contributed by atoms with Crippen LogP contribution in [0, 0.1) is 0 Å². The van der Waals surface area contributed by atoms with Crippen molar-refractivity contribution < 1.29 is 4.79 Å². The van der Waals surface area contributed by atoms with E-state index in [0.29, 0.717) is 23.6 Å². The number of carbonyl (C=O) groups is 1. The number of nitrogens with two attached hydrogens (primary N) is 2. The minimum absolute atomic E-state index is 0.166. The van der Waals surface area contributed by atoms with Gasteiger partial charge in [-0.1, -0.05) is 30.3 Å². The molecule has 110 valence electrons. The van der Waals surface area contributed by atoms with Gasteiger partial charge in [-0.3, -0.25) is 4.79 Å². The first kappa shape index (κ1) is 14.8. The van der Waals surface area contributed by atoms with Crippen LogP contribution in [0.25, 0.3) is 0 Å². The van der Waals surface area contributed by atoms with Gasteiger partial charge < -0.3 is 16.4 Å². The van der Waals surface area contributed by atoms with Gasteiger partial charge in [0.15, 0.2) is 0 Å². The second-order valence-corrected chi connectivity index (χ2v) is 5.21. The van der Waals surface area contributed by atoms with Crippen molar-refractivity contribution in [2.24, 2.45) is 5.73 Å². The van der Waals surface area contributed by atoms with Gasteiger partial charge in [-0.25, -0.2) is 4.98 Å². The van der Waals surface area contributed by atoms with E-state index in [1.165, 1.54) is 0 Å². The van der Waals surface area contributed by atoms with Gasteiger partial charge >= 0.3 is 0 Å². The molecule has 2 aromatic rings. The fraction of sp³-hybridized carbons (Fsp3) is 0.250. The molecule has 4 N–H and O–H groups in total. The molecule has 1 amide bonds. The molecule has 0 saturated heterocycles. The summed E-state index contributed by atoms with van der Waals surface area (Å²) in [4.78, 5) is 18.0. The number of hydrogen-bond donors (Lipinski definition) is 2. The lowest BCUT2D eigenvalue weighted by atomic mass is 10.1. The molecular weight excluding hydrogens is 264 g/mol. The van der Waals surface area contributed by atoms with Crippen LogP contribution in [-0.2, 0) is 6.54 Å². The summed E-state index contributed by atoms with van der Waals surface area (Å²) in [6.45, 7) is 4.74. The molecule has 1 aromatic carbocycles. The average molecular weight is 284 g/mol. The third-order valence-electron chi connectivity index (χ3n) is 3.24. The number of nitrogens with zero attached hydrogens (tertiary/aromatic N) is 2. The minimum Gasteiger partial charge on any atom is -0.397 e. The fourth-order valence-corrected chi connectivity index (χ4v) is 2.17. The van der Waals surface area contributed by atoms with Gasteiger partial charge in [-0.2, -0.15) is 0 Å². The maximum Gasteiger partial charge on any atom is 0.252 e. The SMILES string of the molecule is CC(C)N(Cc1ccccc1)c1ncc(N)cc1C(N)=O. The van der Waals surface area contributed by atoms with Crippen LogP contribution in [0.2, 0.25) is 0 Å². The molecule has 1 heterocycles. The van der Waals surface area contributed by atoms with Crippen molar-refractivity contribution in [2.45, 2.75) is 26.4 Å². The Labute approximate surface area is 124 Å². The number of nitrogen functional groups attached to an aromatic ring is 1. The molecule has 0 saturated carbocycles. The Kier molecular flexibility index (Phi) is 4.42. The van der Waals surface area contributed by atoms with Crippen LogP contribution in [0.3, 0.4) is 0 Å². The van der Waals surface area contributed by atoms with E-state index in [4.69, 9.17) is 11.5 Å². The topological polar surface area (TPSA) is 85.2 Å². The van der Waals surface area contributed by atoms with Gasteiger partial charge in [0, 0.05) is 12.6 Å². The summed E-state index contributed by atoms with van der Waals surface area (Å²) in [5, 5.41) is 0. The molecule has 0 unspecified atom stereocenters. The zero-order valence-corrected chi connectivity index (χ0v) is 12.3. The average Bonchev–Trinajstić information content (AvgIpc) is 2.46. The third kappa shape index (κ3) is 3.51. The monoisotopic (exact) mass is 284 g/mol. The standard InChI is InChI=1S/C16H20N4O/c1-11(2)20(10-12-6-4-3-5-7-12)16-14(15(18)21)8-13(17)9-19-16/h3-9,11H,10,17H2,1-2H3,(H2,18,21). The summed E-state index contributed by atoms with van der Waals surface area (Å²) < 4.78 is 0. The molecule has 5 nitrogen and oxygen atoms in total. The van der Waals surface area contributed by atoms with Crippen LogP contribution in [-0.4, -0.2) is 16.9 Å². The molecule has 0 bridgehead atoms. The molecule has 0 spiro atoms. The van der Waals surface area contributed by atoms with Crippen molar-refractivity contribution in [3.05, 3.63) is 53.7 Å². The molecule has 21 heavy (non-hydrogen) atoms. The summed E-state index contributed by atoms with van der Waals surface area (Å²) in [7, 11) is 0. The fourth-order valence-electron chi connectivity index (χ4n) is 2.17. The van der Waals surface area contributed by atoms with E-state index in [-0.39, 0.29) is 6.04 Å². The molecule has 1 aromatic heterocycles. The largest absolute Gasteiger partial charge is 0.397 e. The molecule has 2 rings (SSSR count). The van der Waals surface area contributed by atoms with Crippen LogP contribution in [0.5, 0.6) is 0 Å². The summed E-state index contributed by atoms with van der Waals surface area (Å²) in [5.41, 5.74) is 13.1. The van der Waals surface area contributed by atoms with Crippen LogP contribution < -0.4 is 16.4 Å². The Balaban J connectivity index is 2.41. The number of pyridine rings is 1. The lowest BCUT2D eigenvalue weighted by molar-refractivity contribution is 0.100. The molecule has 0 atom stereocenters. The van der Waals surface area contributed by atoms with Gasteiger partial charge in [0.05, 0.1) is 17.4 Å². The number of rotatable bonds is 5. The van der Waals surface area contributed by atoms with Crippen LogP contribution in [0.1, 0.15) is 29.8 Å². The molecule has 0 radical (unpaired) electrons. The van der Waals surface area contributed by atoms with E-state index in [2.05, 4.69) is 4.98 Å². The van der Waals surface area contributed by atoms with Crippen molar-refractivity contribution in [1.29, 1.82) is 0 Å². The number of primary amides is 1. The second-order valence-electron chi connectivity index (χ2n) is 5.21. The normalized spacial score (nSPS) is 10.6. The van der Waals surface area contributed by atoms with Crippen molar-refractivity contribution >= 4 is 17.4 Å². The van der Waals surface area contributed by atoms with Crippen LogP contribution in [0.15, 0.2) is 42.6 Å². The Morgan fingerprint density at radius 1 is 1.29 bits per heavy atom. The molecule has 0 aliphatic carbocycles. The summed E-state index contributed by atoms with van der Waals surface area (Å²) in [6.07, 6.45) is 1.54. The molecular formula is C16H20N4O. The number of anilines is 2. The van der Waals surface area contributed by atoms with E-state index in [9.17, 15) is 4.79 Å². The summed E-state index contributed by atoms with van der Waals surface area (Å²) in [6, 6.07) is 11.8. The number of amides is 1. The molecule has 5 heteroatoms. The highest BCUT2D eigenvalue weighted by Crippen LogP contribution is 2.23. The molecule has 0 aliphatic heterocycles. The number of hydrogen-bond acceptors (Lipinski definition) is 4. The molecule has 0 aliphatic rings. The minimum atomic E-state index is -0.525. The summed E-state index contributed by atoms with van der Waals surface area (Å²) in [5.74, 6) is 0.0408. The second kappa shape index (κ2) is 6.26. The number of aromatic nitrogens is 1. The van der Waals surface area contributed by atoms with E-state index >= 15 is 0 Å². The first-order chi connectivity index (χ1) is 9.99. The number of benzene rings is 1.